The highest BCUT2D eigenvalue weighted by Gasteiger charge is 2.27. The minimum Gasteiger partial charge on any atom is -0.373 e. The Balaban J connectivity index is 2.06. The Morgan fingerprint density at radius 2 is 1.96 bits per heavy atom. The molecule has 140 valence electrons. The molecule has 25 heavy (non-hydrogen) atoms. The summed E-state index contributed by atoms with van der Waals surface area (Å²) in [6.45, 7) is 13.4. The van der Waals surface area contributed by atoms with Crippen LogP contribution in [0.5, 0.6) is 0 Å². The van der Waals surface area contributed by atoms with Gasteiger partial charge < -0.3 is 15.4 Å². The second-order valence-corrected chi connectivity index (χ2v) is 7.50. The number of ether oxygens (including phenoxy) is 1. The third kappa shape index (κ3) is 6.03. The average molecular weight is 346 g/mol. The first-order valence-corrected chi connectivity index (χ1v) is 9.74. The summed E-state index contributed by atoms with van der Waals surface area (Å²) >= 11 is 0. The highest BCUT2D eigenvalue weighted by atomic mass is 16.5. The van der Waals surface area contributed by atoms with Crippen LogP contribution in [0.4, 0.5) is 0 Å². The van der Waals surface area contributed by atoms with Gasteiger partial charge in [0, 0.05) is 31.7 Å². The molecule has 0 amide bonds. The molecule has 0 aliphatic carbocycles. The lowest BCUT2D eigenvalue weighted by Gasteiger charge is -2.31. The molecule has 2 rings (SSSR count). The summed E-state index contributed by atoms with van der Waals surface area (Å²) in [6.07, 6.45) is 2.44. The van der Waals surface area contributed by atoms with Gasteiger partial charge in [0.25, 0.3) is 0 Å². The third-order valence-electron chi connectivity index (χ3n) is 5.04. The van der Waals surface area contributed by atoms with Gasteiger partial charge in [0.1, 0.15) is 0 Å². The highest BCUT2D eigenvalue weighted by molar-refractivity contribution is 5.80. The van der Waals surface area contributed by atoms with Crippen LogP contribution >= 0.6 is 0 Å². The van der Waals surface area contributed by atoms with Crippen LogP contribution in [0.2, 0.25) is 0 Å². The molecule has 1 aromatic rings. The van der Waals surface area contributed by atoms with E-state index < -0.39 is 0 Å². The minimum absolute atomic E-state index is 0.156. The number of benzene rings is 1. The number of nitrogens with one attached hydrogen (secondary N) is 2. The van der Waals surface area contributed by atoms with Crippen molar-refractivity contribution in [2.24, 2.45) is 16.8 Å². The summed E-state index contributed by atoms with van der Waals surface area (Å²) in [6, 6.07) is 9.14. The van der Waals surface area contributed by atoms with E-state index in [0.29, 0.717) is 17.9 Å². The second kappa shape index (κ2) is 9.81. The Kier molecular flexibility index (Phi) is 7.76. The van der Waals surface area contributed by atoms with E-state index in [2.05, 4.69) is 69.5 Å². The van der Waals surface area contributed by atoms with Crippen LogP contribution in [-0.2, 0) is 4.74 Å². The molecular weight excluding hydrogens is 310 g/mol. The lowest BCUT2D eigenvalue weighted by molar-refractivity contribution is -0.0250. The molecule has 1 saturated heterocycles. The number of aliphatic imine (C=N–C) groups is 1. The zero-order valence-corrected chi connectivity index (χ0v) is 16.5. The molecule has 1 heterocycles. The summed E-state index contributed by atoms with van der Waals surface area (Å²) in [5.74, 6) is 1.92. The van der Waals surface area contributed by atoms with Gasteiger partial charge in [-0.25, -0.2) is 0 Å². The van der Waals surface area contributed by atoms with Crippen molar-refractivity contribution in [3.8, 4) is 0 Å². The molecule has 4 heteroatoms. The van der Waals surface area contributed by atoms with Crippen LogP contribution in [0.3, 0.4) is 0 Å². The van der Waals surface area contributed by atoms with Crippen molar-refractivity contribution in [3.63, 3.8) is 0 Å². The third-order valence-corrected chi connectivity index (χ3v) is 5.04. The van der Waals surface area contributed by atoms with Gasteiger partial charge in [-0.1, -0.05) is 43.7 Å². The van der Waals surface area contributed by atoms with Gasteiger partial charge in [0.05, 0.1) is 6.10 Å². The van der Waals surface area contributed by atoms with Gasteiger partial charge in [-0.3, -0.25) is 4.99 Å². The van der Waals surface area contributed by atoms with Crippen molar-refractivity contribution in [1.29, 1.82) is 0 Å². The van der Waals surface area contributed by atoms with Crippen LogP contribution in [-0.4, -0.2) is 31.7 Å². The van der Waals surface area contributed by atoms with Gasteiger partial charge in [0.2, 0.25) is 0 Å². The molecule has 3 atom stereocenters. The Bertz CT molecular complexity index is 539. The zero-order valence-electron chi connectivity index (χ0n) is 16.5. The molecule has 1 fully saturated rings. The Hall–Kier alpha value is -1.55. The number of guanidine groups is 1. The Morgan fingerprint density at radius 3 is 2.60 bits per heavy atom. The maximum atomic E-state index is 6.12. The topological polar surface area (TPSA) is 45.7 Å². The van der Waals surface area contributed by atoms with Gasteiger partial charge >= 0.3 is 0 Å². The standard InChI is InChI=1S/C21H35N3O/c1-6-22-21(24-17(5)15(2)3)23-14-19-8-7-13-25-20(19)18-11-9-16(4)10-12-18/h9-12,15,17,19-20H,6-8,13-14H2,1-5H3,(H2,22,23,24). The Labute approximate surface area is 153 Å². The second-order valence-electron chi connectivity index (χ2n) is 7.50. The van der Waals surface area contributed by atoms with Crippen LogP contribution in [0.15, 0.2) is 29.3 Å². The van der Waals surface area contributed by atoms with E-state index in [1.54, 1.807) is 0 Å². The largest absolute Gasteiger partial charge is 0.373 e. The molecule has 2 N–H and O–H groups in total. The summed E-state index contributed by atoms with van der Waals surface area (Å²) < 4.78 is 6.12. The van der Waals surface area contributed by atoms with Crippen molar-refractivity contribution in [1.82, 2.24) is 10.6 Å². The van der Waals surface area contributed by atoms with Crippen LogP contribution in [0.1, 0.15) is 57.8 Å². The minimum atomic E-state index is 0.156. The summed E-state index contributed by atoms with van der Waals surface area (Å²) in [5.41, 5.74) is 2.56. The number of aryl methyl sites for hydroxylation is 1. The molecule has 3 unspecified atom stereocenters. The first-order valence-electron chi connectivity index (χ1n) is 9.74. The van der Waals surface area contributed by atoms with E-state index in [1.807, 2.05) is 0 Å². The van der Waals surface area contributed by atoms with E-state index in [0.717, 1.165) is 32.1 Å². The predicted molar refractivity (Wildman–Crippen MR) is 106 cm³/mol. The van der Waals surface area contributed by atoms with E-state index >= 15 is 0 Å². The number of nitrogens with zero attached hydrogens (tertiary/aromatic N) is 1. The normalized spacial score (nSPS) is 22.7. The number of hydrogen-bond donors (Lipinski definition) is 2. The van der Waals surface area contributed by atoms with E-state index in [4.69, 9.17) is 9.73 Å². The van der Waals surface area contributed by atoms with Gasteiger partial charge in [0.15, 0.2) is 5.96 Å². The fourth-order valence-electron chi connectivity index (χ4n) is 3.07. The number of rotatable bonds is 6. The van der Waals surface area contributed by atoms with Crippen LogP contribution in [0, 0.1) is 18.8 Å². The van der Waals surface area contributed by atoms with Crippen molar-refractivity contribution >= 4 is 5.96 Å². The quantitative estimate of drug-likeness (QED) is 0.604. The van der Waals surface area contributed by atoms with E-state index in [9.17, 15) is 0 Å². The lowest BCUT2D eigenvalue weighted by Crippen LogP contribution is -2.44. The summed E-state index contributed by atoms with van der Waals surface area (Å²) in [4.78, 5) is 4.87. The molecule has 1 aromatic carbocycles. The Morgan fingerprint density at radius 1 is 1.24 bits per heavy atom. The van der Waals surface area contributed by atoms with E-state index in [-0.39, 0.29) is 6.10 Å². The van der Waals surface area contributed by atoms with E-state index in [1.165, 1.54) is 17.5 Å². The van der Waals surface area contributed by atoms with Crippen molar-refractivity contribution < 1.29 is 4.74 Å². The molecule has 0 bridgehead atoms. The summed E-state index contributed by atoms with van der Waals surface area (Å²) in [5, 5.41) is 6.89. The number of hydrogen-bond acceptors (Lipinski definition) is 2. The van der Waals surface area contributed by atoms with Gasteiger partial charge in [-0.2, -0.15) is 0 Å². The molecule has 1 aliphatic rings. The molecule has 0 aromatic heterocycles. The molecule has 0 spiro atoms. The first-order chi connectivity index (χ1) is 12.0. The van der Waals surface area contributed by atoms with Crippen molar-refractivity contribution in [2.45, 2.75) is 59.6 Å². The molecule has 0 radical (unpaired) electrons. The van der Waals surface area contributed by atoms with Gasteiger partial charge in [-0.05, 0) is 45.1 Å². The SMILES string of the molecule is CCNC(=NCC1CCCOC1c1ccc(C)cc1)NC(C)C(C)C. The van der Waals surface area contributed by atoms with Crippen LogP contribution in [0.25, 0.3) is 0 Å². The smallest absolute Gasteiger partial charge is 0.191 e. The van der Waals surface area contributed by atoms with Gasteiger partial charge in [-0.15, -0.1) is 0 Å². The monoisotopic (exact) mass is 345 g/mol. The first kappa shape index (κ1) is 19.8. The maximum absolute atomic E-state index is 6.12. The maximum Gasteiger partial charge on any atom is 0.191 e. The predicted octanol–water partition coefficient (Wildman–Crippen LogP) is 4.06. The van der Waals surface area contributed by atoms with Crippen LogP contribution < -0.4 is 10.6 Å². The fourth-order valence-corrected chi connectivity index (χ4v) is 3.07. The van der Waals surface area contributed by atoms with Crippen molar-refractivity contribution in [2.75, 3.05) is 19.7 Å². The zero-order chi connectivity index (χ0) is 18.2. The molecular formula is C21H35N3O. The van der Waals surface area contributed by atoms with Crippen molar-refractivity contribution in [3.05, 3.63) is 35.4 Å². The average Bonchev–Trinajstić information content (AvgIpc) is 2.60. The highest BCUT2D eigenvalue weighted by Crippen LogP contribution is 2.33. The molecule has 1 aliphatic heterocycles. The lowest BCUT2D eigenvalue weighted by atomic mass is 9.89. The summed E-state index contributed by atoms with van der Waals surface area (Å²) in [7, 11) is 0. The fraction of sp³-hybridized carbons (Fsp3) is 0.667. The molecule has 0 saturated carbocycles. The molecule has 4 nitrogen and oxygen atoms in total.